The van der Waals surface area contributed by atoms with Gasteiger partial charge in [-0.15, -0.1) is 0 Å². The van der Waals surface area contributed by atoms with Crippen LogP contribution in [0.4, 0.5) is 13.2 Å². The molecule has 0 bridgehead atoms. The zero-order chi connectivity index (χ0) is 12.7. The molecule has 94 valence electrons. The second-order valence-corrected chi connectivity index (χ2v) is 3.27. The quantitative estimate of drug-likeness (QED) is 0.616. The fourth-order valence-corrected chi connectivity index (χ4v) is 1.08. The molecule has 1 unspecified atom stereocenters. The van der Waals surface area contributed by atoms with E-state index in [4.69, 9.17) is 5.73 Å². The number of halogens is 3. The largest absolute Gasteiger partial charge is 0.392 e. The summed E-state index contributed by atoms with van der Waals surface area (Å²) in [5.74, 6) is 0. The van der Waals surface area contributed by atoms with Gasteiger partial charge >= 0.3 is 0 Å². The van der Waals surface area contributed by atoms with Gasteiger partial charge in [0.25, 0.3) is 6.43 Å². The maximum absolute atomic E-state index is 12.7. The first-order valence-electron chi connectivity index (χ1n) is 5.02. The van der Waals surface area contributed by atoms with E-state index in [1.54, 1.807) is 18.2 Å². The van der Waals surface area contributed by atoms with Gasteiger partial charge in [-0.05, 0) is 0 Å². The van der Waals surface area contributed by atoms with E-state index in [1.165, 1.54) is 12.1 Å². The molecule has 0 amide bonds. The van der Waals surface area contributed by atoms with Gasteiger partial charge in [-0.25, -0.2) is 13.2 Å². The third-order valence-corrected chi connectivity index (χ3v) is 1.95. The Morgan fingerprint density at radius 3 is 2.41 bits per heavy atom. The summed E-state index contributed by atoms with van der Waals surface area (Å²) in [6.45, 7) is -0.662. The van der Waals surface area contributed by atoms with Crippen molar-refractivity contribution in [3.05, 3.63) is 35.9 Å². The minimum atomic E-state index is -2.78. The second-order valence-electron chi connectivity index (χ2n) is 3.27. The Balaban J connectivity index is 2.70. The van der Waals surface area contributed by atoms with Crippen molar-refractivity contribution in [2.24, 2.45) is 10.9 Å². The molecule has 0 aromatic heterocycles. The van der Waals surface area contributed by atoms with Crippen molar-refractivity contribution < 1.29 is 18.0 Å². The van der Waals surface area contributed by atoms with Gasteiger partial charge in [-0.2, -0.15) is 0 Å². The van der Waals surface area contributed by atoms with Gasteiger partial charge in [0.15, 0.2) is 5.71 Å². The molecule has 1 atom stereocenters. The predicted molar refractivity (Wildman–Crippen MR) is 58.9 cm³/mol. The average Bonchev–Trinajstić information content (AvgIpc) is 2.34. The summed E-state index contributed by atoms with van der Waals surface area (Å²) in [5, 5.41) is 3.25. The molecule has 1 aromatic rings. The summed E-state index contributed by atoms with van der Waals surface area (Å²) in [4.78, 5) is 4.52. The lowest BCUT2D eigenvalue weighted by atomic mass is 10.1. The monoisotopic (exact) mass is 246 g/mol. The Kier molecular flexibility index (Phi) is 5.48. The van der Waals surface area contributed by atoms with Crippen LogP contribution in [0.25, 0.3) is 0 Å². The van der Waals surface area contributed by atoms with Crippen LogP contribution in [-0.4, -0.2) is 31.5 Å². The Hall–Kier alpha value is -1.56. The van der Waals surface area contributed by atoms with Gasteiger partial charge in [-0.3, -0.25) is 0 Å². The molecule has 0 heterocycles. The fraction of sp³-hybridized carbons (Fsp3) is 0.364. The van der Waals surface area contributed by atoms with Gasteiger partial charge < -0.3 is 10.6 Å². The Bertz CT molecular complexity index is 357. The molecule has 0 saturated carbocycles. The molecule has 0 aliphatic heterocycles. The molecule has 2 N–H and O–H groups in total. The van der Waals surface area contributed by atoms with E-state index in [0.717, 1.165) is 0 Å². The number of nitrogens with two attached hydrogens (primary N) is 1. The summed E-state index contributed by atoms with van der Waals surface area (Å²) >= 11 is 0. The molecule has 17 heavy (non-hydrogen) atoms. The SMILES string of the molecule is NCC(F)CON=C(c1ccccc1)C(F)F. The summed E-state index contributed by atoms with van der Waals surface area (Å²) < 4.78 is 38.0. The van der Waals surface area contributed by atoms with Crippen molar-refractivity contribution in [3.63, 3.8) is 0 Å². The number of hydrogen-bond donors (Lipinski definition) is 1. The molecular weight excluding hydrogens is 233 g/mol. The van der Waals surface area contributed by atoms with E-state index in [9.17, 15) is 13.2 Å². The van der Waals surface area contributed by atoms with Crippen LogP contribution < -0.4 is 5.73 Å². The highest BCUT2D eigenvalue weighted by molar-refractivity contribution is 6.02. The molecule has 1 aromatic carbocycles. The van der Waals surface area contributed by atoms with Gasteiger partial charge in [0.05, 0.1) is 0 Å². The average molecular weight is 246 g/mol. The van der Waals surface area contributed by atoms with Crippen LogP contribution >= 0.6 is 0 Å². The van der Waals surface area contributed by atoms with Crippen molar-refractivity contribution in [2.75, 3.05) is 13.2 Å². The molecule has 0 spiro atoms. The smallest absolute Gasteiger partial charge is 0.284 e. The summed E-state index contributed by atoms with van der Waals surface area (Å²) in [7, 11) is 0. The summed E-state index contributed by atoms with van der Waals surface area (Å²) in [5.41, 5.74) is 4.73. The van der Waals surface area contributed by atoms with Crippen LogP contribution in [0, 0.1) is 0 Å². The molecule has 1 rings (SSSR count). The first kappa shape index (κ1) is 13.5. The first-order valence-corrected chi connectivity index (χ1v) is 5.02. The van der Waals surface area contributed by atoms with Crippen LogP contribution in [0.2, 0.25) is 0 Å². The lowest BCUT2D eigenvalue weighted by molar-refractivity contribution is 0.0857. The first-order chi connectivity index (χ1) is 8.15. The molecular formula is C11H13F3N2O. The Morgan fingerprint density at radius 2 is 1.88 bits per heavy atom. The minimum absolute atomic E-state index is 0.231. The fourth-order valence-electron chi connectivity index (χ4n) is 1.08. The molecule has 3 nitrogen and oxygen atoms in total. The van der Waals surface area contributed by atoms with Crippen molar-refractivity contribution in [1.82, 2.24) is 0 Å². The van der Waals surface area contributed by atoms with E-state index in [1.807, 2.05) is 0 Å². The van der Waals surface area contributed by atoms with Gasteiger partial charge in [-0.1, -0.05) is 35.5 Å². The second kappa shape index (κ2) is 6.90. The maximum Gasteiger partial charge on any atom is 0.284 e. The number of oxime groups is 1. The Morgan fingerprint density at radius 1 is 1.24 bits per heavy atom. The molecule has 0 aliphatic carbocycles. The number of rotatable bonds is 6. The summed E-state index contributed by atoms with van der Waals surface area (Å²) in [6.07, 6.45) is -4.19. The van der Waals surface area contributed by atoms with E-state index < -0.39 is 24.9 Å². The number of benzene rings is 1. The highest BCUT2D eigenvalue weighted by atomic mass is 19.3. The standard InChI is InChI=1S/C11H13F3N2O/c12-9(6-15)7-17-16-10(11(13)14)8-4-2-1-3-5-8/h1-5,9,11H,6-7,15H2. The van der Waals surface area contributed by atoms with Gasteiger partial charge in [0, 0.05) is 12.1 Å². The van der Waals surface area contributed by atoms with Crippen LogP contribution in [0.5, 0.6) is 0 Å². The molecule has 0 saturated heterocycles. The molecule has 6 heteroatoms. The van der Waals surface area contributed by atoms with E-state index in [-0.39, 0.29) is 12.1 Å². The van der Waals surface area contributed by atoms with Gasteiger partial charge in [0.2, 0.25) is 0 Å². The van der Waals surface area contributed by atoms with E-state index in [0.29, 0.717) is 0 Å². The minimum Gasteiger partial charge on any atom is -0.392 e. The van der Waals surface area contributed by atoms with Crippen molar-refractivity contribution in [1.29, 1.82) is 0 Å². The molecule has 0 aliphatic rings. The highest BCUT2D eigenvalue weighted by Crippen LogP contribution is 2.09. The van der Waals surface area contributed by atoms with Gasteiger partial charge in [0.1, 0.15) is 12.8 Å². The molecule has 0 fully saturated rings. The predicted octanol–water partition coefficient (Wildman–Crippen LogP) is 1.97. The lowest BCUT2D eigenvalue weighted by Gasteiger charge is -2.07. The van der Waals surface area contributed by atoms with Crippen LogP contribution in [0.3, 0.4) is 0 Å². The third-order valence-electron chi connectivity index (χ3n) is 1.95. The van der Waals surface area contributed by atoms with Crippen LogP contribution in [0.1, 0.15) is 5.56 Å². The number of hydrogen-bond acceptors (Lipinski definition) is 3. The van der Waals surface area contributed by atoms with Crippen molar-refractivity contribution in [3.8, 4) is 0 Å². The highest BCUT2D eigenvalue weighted by Gasteiger charge is 2.16. The van der Waals surface area contributed by atoms with Crippen LogP contribution in [0.15, 0.2) is 35.5 Å². The normalized spacial score (nSPS) is 13.8. The maximum atomic E-state index is 12.7. The topological polar surface area (TPSA) is 47.6 Å². The molecule has 0 radical (unpaired) electrons. The zero-order valence-corrected chi connectivity index (χ0v) is 9.02. The van der Waals surface area contributed by atoms with E-state index in [2.05, 4.69) is 9.99 Å². The van der Waals surface area contributed by atoms with Crippen molar-refractivity contribution >= 4 is 5.71 Å². The third kappa shape index (κ3) is 4.44. The Labute approximate surface area is 97.1 Å². The lowest BCUT2D eigenvalue weighted by Crippen LogP contribution is -2.21. The number of alkyl halides is 3. The van der Waals surface area contributed by atoms with Crippen LogP contribution in [-0.2, 0) is 4.84 Å². The van der Waals surface area contributed by atoms with E-state index >= 15 is 0 Å². The zero-order valence-electron chi connectivity index (χ0n) is 9.02. The van der Waals surface area contributed by atoms with Crippen molar-refractivity contribution in [2.45, 2.75) is 12.6 Å². The summed E-state index contributed by atoms with van der Waals surface area (Å²) in [6, 6.07) is 7.85. The number of nitrogens with zero attached hydrogens (tertiary/aromatic N) is 1.